The summed E-state index contributed by atoms with van der Waals surface area (Å²) >= 11 is 12.1. The predicted octanol–water partition coefficient (Wildman–Crippen LogP) is 6.09. The van der Waals surface area contributed by atoms with Crippen molar-refractivity contribution in [1.82, 2.24) is 0 Å². The number of halogens is 3. The summed E-state index contributed by atoms with van der Waals surface area (Å²) in [6, 6.07) is 14.3. The summed E-state index contributed by atoms with van der Waals surface area (Å²) in [6.07, 6.45) is 1.20. The third-order valence-electron chi connectivity index (χ3n) is 4.77. The van der Waals surface area contributed by atoms with Crippen LogP contribution < -0.4 is 4.90 Å². The molecule has 1 aliphatic heterocycles. The van der Waals surface area contributed by atoms with Crippen LogP contribution in [0.1, 0.15) is 15.9 Å². The Balaban J connectivity index is 1.94. The molecule has 1 heterocycles. The van der Waals surface area contributed by atoms with E-state index in [1.165, 1.54) is 35.4 Å². The highest BCUT2D eigenvalue weighted by Crippen LogP contribution is 2.41. The van der Waals surface area contributed by atoms with Crippen molar-refractivity contribution in [3.8, 4) is 0 Å². The van der Waals surface area contributed by atoms with E-state index in [9.17, 15) is 17.6 Å². The molecule has 0 bridgehead atoms. The zero-order chi connectivity index (χ0) is 21.6. The normalized spacial score (nSPS) is 14.8. The fourth-order valence-corrected chi connectivity index (χ4v) is 4.97. The van der Waals surface area contributed by atoms with Gasteiger partial charge in [0.15, 0.2) is 0 Å². The number of carbonyl (C=O) groups excluding carboxylic acids is 1. The van der Waals surface area contributed by atoms with Crippen LogP contribution in [0.4, 0.5) is 15.8 Å². The molecule has 0 saturated heterocycles. The average molecular weight is 462 g/mol. The molecule has 0 unspecified atom stereocenters. The van der Waals surface area contributed by atoms with Gasteiger partial charge in [0.1, 0.15) is 10.7 Å². The molecule has 0 saturated carbocycles. The molecule has 8 heteroatoms. The number of anilines is 2. The number of hydrogen-bond donors (Lipinski definition) is 0. The number of Topliss-reactive ketones (excluding diaryl/α,β-unsaturated/α-hetero) is 1. The number of carbonyl (C=O) groups is 1. The van der Waals surface area contributed by atoms with E-state index in [-0.39, 0.29) is 16.1 Å². The molecule has 0 atom stereocenters. The molecule has 0 aliphatic carbocycles. The summed E-state index contributed by atoms with van der Waals surface area (Å²) < 4.78 is 40.4. The summed E-state index contributed by atoms with van der Waals surface area (Å²) in [5, 5.41) is 0.877. The maximum atomic E-state index is 14.0. The van der Waals surface area contributed by atoms with Gasteiger partial charge in [0, 0.05) is 27.5 Å². The lowest BCUT2D eigenvalue weighted by Crippen LogP contribution is -2.26. The van der Waals surface area contributed by atoms with Gasteiger partial charge in [-0.3, -0.25) is 4.79 Å². The molecule has 0 N–H and O–H groups in total. The standard InChI is InChI=1S/C22H14Cl2FNO3S/c1-13-2-8-17(11-18(13)24)26-12-21(22(27)14-3-5-15(23)6-4-14)30(28,29)20-9-7-16(25)10-19(20)26/h2-12H,1H3. The van der Waals surface area contributed by atoms with Gasteiger partial charge in [-0.25, -0.2) is 12.8 Å². The Morgan fingerprint density at radius 3 is 2.33 bits per heavy atom. The lowest BCUT2D eigenvalue weighted by molar-refractivity contribution is 0.104. The third-order valence-corrected chi connectivity index (χ3v) is 7.22. The molecule has 4 nitrogen and oxygen atoms in total. The Morgan fingerprint density at radius 1 is 0.967 bits per heavy atom. The number of nitrogens with zero attached hydrogens (tertiary/aromatic N) is 1. The van der Waals surface area contributed by atoms with Crippen LogP contribution in [0.3, 0.4) is 0 Å². The summed E-state index contributed by atoms with van der Waals surface area (Å²) in [6.45, 7) is 1.83. The van der Waals surface area contributed by atoms with Crippen molar-refractivity contribution in [2.45, 2.75) is 11.8 Å². The Bertz CT molecular complexity index is 1320. The number of fused-ring (bicyclic) bond motifs is 1. The van der Waals surface area contributed by atoms with Crippen molar-refractivity contribution < 1.29 is 17.6 Å². The van der Waals surface area contributed by atoms with Crippen LogP contribution >= 0.6 is 23.2 Å². The van der Waals surface area contributed by atoms with Crippen LogP contribution in [-0.4, -0.2) is 14.2 Å². The Hall–Kier alpha value is -2.67. The average Bonchev–Trinajstić information content (AvgIpc) is 2.70. The number of rotatable bonds is 3. The van der Waals surface area contributed by atoms with E-state index in [0.717, 1.165) is 23.8 Å². The van der Waals surface area contributed by atoms with Gasteiger partial charge in [-0.15, -0.1) is 0 Å². The third kappa shape index (κ3) is 3.51. The van der Waals surface area contributed by atoms with Crippen molar-refractivity contribution >= 4 is 50.2 Å². The highest BCUT2D eigenvalue weighted by Gasteiger charge is 2.36. The number of ketones is 1. The molecule has 0 amide bonds. The van der Waals surface area contributed by atoms with Crippen molar-refractivity contribution in [2.75, 3.05) is 4.90 Å². The summed E-state index contributed by atoms with van der Waals surface area (Å²) in [4.78, 5) is 13.9. The van der Waals surface area contributed by atoms with Crippen molar-refractivity contribution in [1.29, 1.82) is 0 Å². The highest BCUT2D eigenvalue weighted by atomic mass is 35.5. The topological polar surface area (TPSA) is 54.5 Å². The van der Waals surface area contributed by atoms with E-state index >= 15 is 0 Å². The van der Waals surface area contributed by atoms with Gasteiger partial charge in [0.2, 0.25) is 15.6 Å². The first-order valence-corrected chi connectivity index (χ1v) is 11.0. The molecule has 1 aliphatic rings. The first-order chi connectivity index (χ1) is 14.2. The minimum absolute atomic E-state index is 0.0996. The SMILES string of the molecule is Cc1ccc(N2C=C(C(=O)c3ccc(Cl)cc3)S(=O)(=O)c3ccc(F)cc32)cc1Cl. The van der Waals surface area contributed by atoms with Gasteiger partial charge in [-0.05, 0) is 67.1 Å². The number of aryl methyl sites for hydroxylation is 1. The van der Waals surface area contributed by atoms with Gasteiger partial charge in [0.05, 0.1) is 10.6 Å². The fourth-order valence-electron chi connectivity index (χ4n) is 3.15. The zero-order valence-electron chi connectivity index (χ0n) is 15.6. The number of sulfone groups is 1. The van der Waals surface area contributed by atoms with E-state index < -0.39 is 26.3 Å². The Kier molecular flexibility index (Phi) is 5.18. The summed E-state index contributed by atoms with van der Waals surface area (Å²) in [5.74, 6) is -1.29. The van der Waals surface area contributed by atoms with Gasteiger partial charge < -0.3 is 4.90 Å². The molecule has 3 aromatic rings. The second-order valence-corrected chi connectivity index (χ2v) is 9.48. The van der Waals surface area contributed by atoms with Crippen molar-refractivity contribution in [3.63, 3.8) is 0 Å². The van der Waals surface area contributed by atoms with E-state index in [0.29, 0.717) is 15.7 Å². The van der Waals surface area contributed by atoms with Gasteiger partial charge in [0.25, 0.3) is 0 Å². The second kappa shape index (κ2) is 7.54. The molecule has 30 heavy (non-hydrogen) atoms. The molecule has 0 spiro atoms. The lowest BCUT2D eigenvalue weighted by Gasteiger charge is -2.29. The van der Waals surface area contributed by atoms with Crippen LogP contribution in [0.15, 0.2) is 76.7 Å². The summed E-state index contributed by atoms with van der Waals surface area (Å²) in [7, 11) is -4.18. The quantitative estimate of drug-likeness (QED) is 0.349. The predicted molar refractivity (Wildman–Crippen MR) is 116 cm³/mol. The highest BCUT2D eigenvalue weighted by molar-refractivity contribution is 7.96. The molecular formula is C22H14Cl2FNO3S. The molecule has 0 radical (unpaired) electrons. The Labute approximate surface area is 183 Å². The molecule has 4 rings (SSSR count). The maximum absolute atomic E-state index is 14.0. The summed E-state index contributed by atoms with van der Waals surface area (Å²) in [5.41, 5.74) is 1.59. The fraction of sp³-hybridized carbons (Fsp3) is 0.0455. The maximum Gasteiger partial charge on any atom is 0.214 e. The minimum Gasteiger partial charge on any atom is -0.314 e. The second-order valence-electron chi connectivity index (χ2n) is 6.75. The van der Waals surface area contributed by atoms with Crippen LogP contribution in [0, 0.1) is 12.7 Å². The van der Waals surface area contributed by atoms with E-state index in [1.807, 2.05) is 6.92 Å². The van der Waals surface area contributed by atoms with E-state index in [4.69, 9.17) is 23.2 Å². The Morgan fingerprint density at radius 2 is 1.67 bits per heavy atom. The molecule has 0 aromatic heterocycles. The molecular weight excluding hydrogens is 448 g/mol. The number of allylic oxidation sites excluding steroid dienone is 1. The van der Waals surface area contributed by atoms with Gasteiger partial charge in [-0.2, -0.15) is 0 Å². The van der Waals surface area contributed by atoms with Crippen molar-refractivity contribution in [2.24, 2.45) is 0 Å². The van der Waals surface area contributed by atoms with E-state index in [1.54, 1.807) is 18.2 Å². The number of benzene rings is 3. The van der Waals surface area contributed by atoms with Gasteiger partial charge >= 0.3 is 0 Å². The molecule has 0 fully saturated rings. The van der Waals surface area contributed by atoms with Crippen LogP contribution in [-0.2, 0) is 9.84 Å². The molecule has 3 aromatic carbocycles. The van der Waals surface area contributed by atoms with Crippen LogP contribution in [0.5, 0.6) is 0 Å². The molecule has 152 valence electrons. The van der Waals surface area contributed by atoms with Crippen molar-refractivity contribution in [3.05, 3.63) is 98.8 Å². The number of hydrogen-bond acceptors (Lipinski definition) is 4. The lowest BCUT2D eigenvalue weighted by atomic mass is 10.1. The smallest absolute Gasteiger partial charge is 0.214 e. The largest absolute Gasteiger partial charge is 0.314 e. The first-order valence-electron chi connectivity index (χ1n) is 8.80. The minimum atomic E-state index is -4.18. The van der Waals surface area contributed by atoms with E-state index in [2.05, 4.69) is 0 Å². The first kappa shape index (κ1) is 20.6. The van der Waals surface area contributed by atoms with Crippen LogP contribution in [0.2, 0.25) is 10.0 Å². The zero-order valence-corrected chi connectivity index (χ0v) is 17.9. The monoisotopic (exact) mass is 461 g/mol. The van der Waals surface area contributed by atoms with Crippen LogP contribution in [0.25, 0.3) is 0 Å². The van der Waals surface area contributed by atoms with Gasteiger partial charge in [-0.1, -0.05) is 29.3 Å².